The number of rotatable bonds is 3. The van der Waals surface area contributed by atoms with E-state index in [1.54, 1.807) is 6.21 Å². The van der Waals surface area contributed by atoms with Gasteiger partial charge in [0.15, 0.2) is 0 Å². The van der Waals surface area contributed by atoms with Gasteiger partial charge in [0.2, 0.25) is 0 Å². The summed E-state index contributed by atoms with van der Waals surface area (Å²) in [6.07, 6.45) is 6.73. The first-order valence-corrected chi connectivity index (χ1v) is 10.3. The maximum atomic E-state index is 12.8. The van der Waals surface area contributed by atoms with Gasteiger partial charge >= 0.3 is 0 Å². The summed E-state index contributed by atoms with van der Waals surface area (Å²) >= 11 is 6.21. The van der Waals surface area contributed by atoms with Crippen LogP contribution in [0.2, 0.25) is 5.02 Å². The zero-order valence-corrected chi connectivity index (χ0v) is 17.3. The second-order valence-electron chi connectivity index (χ2n) is 8.33. The van der Waals surface area contributed by atoms with Crippen LogP contribution in [0.1, 0.15) is 28.9 Å². The van der Waals surface area contributed by atoms with Crippen molar-refractivity contribution in [1.29, 1.82) is 0 Å². The number of amides is 2. The quantitative estimate of drug-likeness (QED) is 0.435. The first-order valence-electron chi connectivity index (χ1n) is 9.92. The number of allylic oxidation sites excluding steroid dienone is 2. The van der Waals surface area contributed by atoms with Gasteiger partial charge in [-0.2, -0.15) is 10.1 Å². The number of aromatic nitrogens is 1. The monoisotopic (exact) mass is 407 g/mol. The maximum absolute atomic E-state index is 12.8. The highest BCUT2D eigenvalue weighted by atomic mass is 35.5. The average molecular weight is 408 g/mol. The standard InChI is InChI=1S/C23H22ClN3O2/c1-12-4-7-18(24)10-19(12)26-13(2)8-17(14(26)3)11-25-27-22(28)20-15-5-6-16(9-15)21(20)23(27)29/h4-8,10-11,15-16,20-21H,9H2,1-3H3/t15-,16-,20-,21+/m0/s1. The third-order valence-corrected chi connectivity index (χ3v) is 6.88. The summed E-state index contributed by atoms with van der Waals surface area (Å²) in [5.41, 5.74) is 5.02. The third-order valence-electron chi connectivity index (χ3n) is 6.64. The number of halogens is 1. The lowest BCUT2D eigenvalue weighted by Gasteiger charge is -2.13. The largest absolute Gasteiger partial charge is 0.318 e. The van der Waals surface area contributed by atoms with Gasteiger partial charge in [-0.3, -0.25) is 9.59 Å². The number of aryl methyl sites for hydroxylation is 2. The van der Waals surface area contributed by atoms with E-state index in [0.29, 0.717) is 5.02 Å². The summed E-state index contributed by atoms with van der Waals surface area (Å²) in [6.45, 7) is 6.06. The number of fused-ring (bicyclic) bond motifs is 5. The molecule has 0 N–H and O–H groups in total. The molecule has 1 saturated heterocycles. The Balaban J connectivity index is 1.46. The first kappa shape index (κ1) is 18.4. The van der Waals surface area contributed by atoms with Gasteiger partial charge in [0.25, 0.3) is 11.8 Å². The summed E-state index contributed by atoms with van der Waals surface area (Å²) < 4.78 is 2.12. The van der Waals surface area contributed by atoms with Crippen molar-refractivity contribution in [1.82, 2.24) is 9.58 Å². The molecule has 6 heteroatoms. The molecule has 2 aliphatic carbocycles. The Labute approximate surface area is 174 Å². The Morgan fingerprint density at radius 3 is 2.34 bits per heavy atom. The summed E-state index contributed by atoms with van der Waals surface area (Å²) in [5, 5.41) is 6.10. The fourth-order valence-electron chi connectivity index (χ4n) is 5.23. The molecule has 4 atom stereocenters. The van der Waals surface area contributed by atoms with Gasteiger partial charge in [-0.25, -0.2) is 0 Å². The van der Waals surface area contributed by atoms with E-state index >= 15 is 0 Å². The van der Waals surface area contributed by atoms with E-state index < -0.39 is 0 Å². The van der Waals surface area contributed by atoms with Gasteiger partial charge < -0.3 is 4.57 Å². The third kappa shape index (κ3) is 2.64. The topological polar surface area (TPSA) is 54.7 Å². The molecule has 1 aromatic carbocycles. The van der Waals surface area contributed by atoms with E-state index in [-0.39, 0.29) is 35.5 Å². The van der Waals surface area contributed by atoms with Crippen LogP contribution in [0.3, 0.4) is 0 Å². The zero-order valence-electron chi connectivity index (χ0n) is 16.6. The molecule has 2 amide bonds. The number of benzene rings is 1. The number of hydrogen-bond acceptors (Lipinski definition) is 3. The summed E-state index contributed by atoms with van der Waals surface area (Å²) in [5.74, 6) is -0.386. The maximum Gasteiger partial charge on any atom is 0.254 e. The van der Waals surface area contributed by atoms with Crippen molar-refractivity contribution in [3.8, 4) is 5.69 Å². The van der Waals surface area contributed by atoms with Gasteiger partial charge in [-0.05, 0) is 62.8 Å². The fourth-order valence-corrected chi connectivity index (χ4v) is 5.40. The van der Waals surface area contributed by atoms with Crippen molar-refractivity contribution in [3.63, 3.8) is 0 Å². The molecule has 1 saturated carbocycles. The second kappa shape index (κ2) is 6.42. The van der Waals surface area contributed by atoms with Crippen LogP contribution < -0.4 is 0 Å². The van der Waals surface area contributed by atoms with Crippen molar-refractivity contribution in [3.05, 3.63) is 64.0 Å². The van der Waals surface area contributed by atoms with E-state index in [9.17, 15) is 9.59 Å². The molecule has 3 aliphatic rings. The minimum absolute atomic E-state index is 0.160. The summed E-state index contributed by atoms with van der Waals surface area (Å²) in [6, 6.07) is 7.82. The molecule has 2 fully saturated rings. The number of nitrogens with zero attached hydrogens (tertiary/aromatic N) is 3. The molecule has 0 spiro atoms. The van der Waals surface area contributed by atoms with Crippen molar-refractivity contribution in [2.45, 2.75) is 27.2 Å². The minimum Gasteiger partial charge on any atom is -0.318 e. The van der Waals surface area contributed by atoms with Gasteiger partial charge in [-0.1, -0.05) is 29.8 Å². The van der Waals surface area contributed by atoms with Crippen LogP contribution in [-0.4, -0.2) is 27.6 Å². The molecule has 2 bridgehead atoms. The van der Waals surface area contributed by atoms with Crippen molar-refractivity contribution >= 4 is 29.6 Å². The molecule has 1 aromatic heterocycles. The number of hydrazone groups is 1. The molecular weight excluding hydrogens is 386 g/mol. The smallest absolute Gasteiger partial charge is 0.254 e. The molecule has 2 aromatic rings. The van der Waals surface area contributed by atoms with E-state index in [1.807, 2.05) is 45.0 Å². The highest BCUT2D eigenvalue weighted by Gasteiger charge is 2.59. The SMILES string of the molecule is Cc1ccc(Cl)cc1-n1c(C)cc(C=NN2C(=O)[C@@H]3[C@H](C2=O)[C@H]2C=C[C@H]3C2)c1C. The highest BCUT2D eigenvalue weighted by Crippen LogP contribution is 2.52. The number of carbonyl (C=O) groups is 2. The Kier molecular flexibility index (Phi) is 4.07. The molecule has 2 heterocycles. The Morgan fingerprint density at radius 1 is 1.03 bits per heavy atom. The molecule has 1 aliphatic heterocycles. The zero-order chi connectivity index (χ0) is 20.4. The molecule has 148 valence electrons. The lowest BCUT2D eigenvalue weighted by molar-refractivity contribution is -0.140. The highest BCUT2D eigenvalue weighted by molar-refractivity contribution is 6.30. The van der Waals surface area contributed by atoms with Crippen LogP contribution in [0.5, 0.6) is 0 Å². The molecule has 0 unspecified atom stereocenters. The van der Waals surface area contributed by atoms with Crippen molar-refractivity contribution < 1.29 is 9.59 Å². The van der Waals surface area contributed by atoms with Gasteiger partial charge in [0.05, 0.1) is 18.1 Å². The lowest BCUT2D eigenvalue weighted by atomic mass is 9.85. The number of imide groups is 1. The number of carbonyl (C=O) groups excluding carboxylic acids is 2. The van der Waals surface area contributed by atoms with Crippen LogP contribution in [0.4, 0.5) is 0 Å². The van der Waals surface area contributed by atoms with E-state index in [0.717, 1.165) is 39.6 Å². The Bertz CT molecular complexity index is 1080. The van der Waals surface area contributed by atoms with Crippen LogP contribution in [0.15, 0.2) is 41.5 Å². The van der Waals surface area contributed by atoms with Crippen LogP contribution >= 0.6 is 11.6 Å². The Hall–Kier alpha value is -2.66. The fraction of sp³-hybridized carbons (Fsp3) is 0.348. The molecule has 5 nitrogen and oxygen atoms in total. The van der Waals surface area contributed by atoms with E-state index in [1.165, 1.54) is 0 Å². The predicted octanol–water partition coefficient (Wildman–Crippen LogP) is 4.20. The molecule has 5 rings (SSSR count). The van der Waals surface area contributed by atoms with Gasteiger partial charge in [0, 0.05) is 27.7 Å². The van der Waals surface area contributed by atoms with E-state index in [2.05, 4.69) is 21.8 Å². The average Bonchev–Trinajstić information content (AvgIpc) is 3.41. The molecular formula is C23H22ClN3O2. The van der Waals surface area contributed by atoms with Gasteiger partial charge in [0.1, 0.15) is 0 Å². The Morgan fingerprint density at radius 2 is 1.69 bits per heavy atom. The normalized spacial score (nSPS) is 27.7. The van der Waals surface area contributed by atoms with Crippen molar-refractivity contribution in [2.75, 3.05) is 0 Å². The minimum atomic E-state index is -0.226. The number of hydrogen-bond donors (Lipinski definition) is 0. The summed E-state index contributed by atoms with van der Waals surface area (Å²) in [4.78, 5) is 25.6. The van der Waals surface area contributed by atoms with Crippen LogP contribution in [0.25, 0.3) is 5.69 Å². The van der Waals surface area contributed by atoms with Crippen molar-refractivity contribution in [2.24, 2.45) is 28.8 Å². The molecule has 0 radical (unpaired) electrons. The van der Waals surface area contributed by atoms with E-state index in [4.69, 9.17) is 11.6 Å². The summed E-state index contributed by atoms with van der Waals surface area (Å²) in [7, 11) is 0. The first-order chi connectivity index (χ1) is 13.9. The van der Waals surface area contributed by atoms with Gasteiger partial charge in [-0.15, -0.1) is 0 Å². The van der Waals surface area contributed by atoms with Crippen LogP contribution in [-0.2, 0) is 9.59 Å². The predicted molar refractivity (Wildman–Crippen MR) is 112 cm³/mol. The lowest BCUT2D eigenvalue weighted by Crippen LogP contribution is -2.28. The second-order valence-corrected chi connectivity index (χ2v) is 8.76. The van der Waals surface area contributed by atoms with Crippen LogP contribution in [0, 0.1) is 44.4 Å². The molecule has 29 heavy (non-hydrogen) atoms.